The Hall–Kier alpha value is -1.81. The number of hydrogen-bond donors (Lipinski definition) is 2. The Kier molecular flexibility index (Phi) is 8.86. The van der Waals surface area contributed by atoms with E-state index in [0.717, 1.165) is 17.6 Å². The summed E-state index contributed by atoms with van der Waals surface area (Å²) in [6.45, 7) is 8.46. The standard InChI is InChI=1S/C23H35NO3/c1-17(2)18(3)14-22(25)21(15-19-10-6-4-7-11-19)24-23(26)27-16-20-12-8-5-9-13-20/h5,8-9,12-13,17,19,21-22,25H,3-4,6-7,10-11,14-16H2,1-2H3,(H,24,26)/t21-,22+/m0/s1. The average molecular weight is 374 g/mol. The number of benzene rings is 1. The van der Waals surface area contributed by atoms with Crippen LogP contribution in [-0.4, -0.2) is 23.3 Å². The average Bonchev–Trinajstić information content (AvgIpc) is 2.67. The van der Waals surface area contributed by atoms with Crippen molar-refractivity contribution < 1.29 is 14.6 Å². The summed E-state index contributed by atoms with van der Waals surface area (Å²) >= 11 is 0. The zero-order valence-corrected chi connectivity index (χ0v) is 16.8. The highest BCUT2D eigenvalue weighted by atomic mass is 16.5. The van der Waals surface area contributed by atoms with E-state index in [2.05, 4.69) is 25.7 Å². The summed E-state index contributed by atoms with van der Waals surface area (Å²) in [7, 11) is 0. The van der Waals surface area contributed by atoms with Crippen LogP contribution in [0.15, 0.2) is 42.5 Å². The van der Waals surface area contributed by atoms with Crippen molar-refractivity contribution >= 4 is 6.09 Å². The highest BCUT2D eigenvalue weighted by molar-refractivity contribution is 5.67. The van der Waals surface area contributed by atoms with Gasteiger partial charge in [0.1, 0.15) is 6.61 Å². The lowest BCUT2D eigenvalue weighted by Crippen LogP contribution is -2.45. The Morgan fingerprint density at radius 1 is 1.22 bits per heavy atom. The number of aliphatic hydroxyl groups excluding tert-OH is 1. The molecule has 4 nitrogen and oxygen atoms in total. The van der Waals surface area contributed by atoms with Gasteiger partial charge in [0.15, 0.2) is 0 Å². The molecular formula is C23H35NO3. The van der Waals surface area contributed by atoms with Gasteiger partial charge in [0.2, 0.25) is 0 Å². The molecule has 0 aliphatic heterocycles. The second-order valence-electron chi connectivity index (χ2n) is 8.14. The van der Waals surface area contributed by atoms with Crippen LogP contribution in [0.5, 0.6) is 0 Å². The molecule has 27 heavy (non-hydrogen) atoms. The summed E-state index contributed by atoms with van der Waals surface area (Å²) in [6.07, 6.45) is 6.33. The van der Waals surface area contributed by atoms with E-state index < -0.39 is 12.2 Å². The first-order valence-electron chi connectivity index (χ1n) is 10.3. The molecule has 2 atom stereocenters. The smallest absolute Gasteiger partial charge is 0.407 e. The third-order valence-electron chi connectivity index (χ3n) is 5.58. The Labute approximate surface area is 164 Å². The van der Waals surface area contributed by atoms with Crippen LogP contribution in [0.4, 0.5) is 4.79 Å². The van der Waals surface area contributed by atoms with Gasteiger partial charge in [0.05, 0.1) is 12.1 Å². The normalized spacial score (nSPS) is 17.3. The minimum Gasteiger partial charge on any atom is -0.445 e. The van der Waals surface area contributed by atoms with Gasteiger partial charge in [0.25, 0.3) is 0 Å². The van der Waals surface area contributed by atoms with Gasteiger partial charge in [-0.2, -0.15) is 0 Å². The zero-order chi connectivity index (χ0) is 19.6. The van der Waals surface area contributed by atoms with Gasteiger partial charge < -0.3 is 15.2 Å². The molecule has 0 bridgehead atoms. The maximum absolute atomic E-state index is 12.3. The van der Waals surface area contributed by atoms with Gasteiger partial charge in [-0.15, -0.1) is 0 Å². The van der Waals surface area contributed by atoms with Crippen molar-refractivity contribution in [3.63, 3.8) is 0 Å². The first-order valence-corrected chi connectivity index (χ1v) is 10.3. The predicted octanol–water partition coefficient (Wildman–Crippen LogP) is 5.22. The molecule has 0 radical (unpaired) electrons. The van der Waals surface area contributed by atoms with Crippen molar-refractivity contribution in [2.24, 2.45) is 11.8 Å². The van der Waals surface area contributed by atoms with E-state index in [9.17, 15) is 9.90 Å². The first kappa shape index (κ1) is 21.5. The van der Waals surface area contributed by atoms with E-state index in [1.807, 2.05) is 30.3 Å². The van der Waals surface area contributed by atoms with Crippen LogP contribution >= 0.6 is 0 Å². The van der Waals surface area contributed by atoms with Crippen LogP contribution in [0.3, 0.4) is 0 Å². The fourth-order valence-electron chi connectivity index (χ4n) is 3.66. The lowest BCUT2D eigenvalue weighted by atomic mass is 9.82. The van der Waals surface area contributed by atoms with Gasteiger partial charge in [0, 0.05) is 0 Å². The highest BCUT2D eigenvalue weighted by Crippen LogP contribution is 2.29. The highest BCUT2D eigenvalue weighted by Gasteiger charge is 2.27. The number of nitrogens with one attached hydrogen (secondary N) is 1. The number of alkyl carbamates (subject to hydrolysis) is 1. The molecule has 1 aliphatic carbocycles. The number of carbonyl (C=O) groups excluding carboxylic acids is 1. The van der Waals surface area contributed by atoms with Crippen molar-refractivity contribution in [1.29, 1.82) is 0 Å². The minimum absolute atomic E-state index is 0.234. The maximum Gasteiger partial charge on any atom is 0.407 e. The SMILES string of the molecule is C=C(C[C@@H](O)[C@H](CC1CCCCC1)NC(=O)OCc1ccccc1)C(C)C. The van der Waals surface area contributed by atoms with Crippen LogP contribution in [0.25, 0.3) is 0 Å². The Morgan fingerprint density at radius 3 is 2.52 bits per heavy atom. The Bertz CT molecular complexity index is 579. The molecule has 2 N–H and O–H groups in total. The number of hydrogen-bond acceptors (Lipinski definition) is 3. The largest absolute Gasteiger partial charge is 0.445 e. The van der Waals surface area contributed by atoms with E-state index in [4.69, 9.17) is 4.74 Å². The lowest BCUT2D eigenvalue weighted by molar-refractivity contribution is 0.0884. The van der Waals surface area contributed by atoms with Crippen LogP contribution in [0.2, 0.25) is 0 Å². The molecule has 1 fully saturated rings. The molecule has 1 saturated carbocycles. The second kappa shape index (κ2) is 11.1. The van der Waals surface area contributed by atoms with Crippen molar-refractivity contribution in [3.05, 3.63) is 48.0 Å². The fourth-order valence-corrected chi connectivity index (χ4v) is 3.66. The summed E-state index contributed by atoms with van der Waals surface area (Å²) < 4.78 is 5.37. The fraction of sp³-hybridized carbons (Fsp3) is 0.609. The molecule has 150 valence electrons. The van der Waals surface area contributed by atoms with Crippen LogP contribution in [0, 0.1) is 11.8 Å². The Morgan fingerprint density at radius 2 is 1.89 bits per heavy atom. The van der Waals surface area contributed by atoms with Gasteiger partial charge in [-0.05, 0) is 30.2 Å². The Balaban J connectivity index is 1.92. The monoisotopic (exact) mass is 373 g/mol. The number of amides is 1. The van der Waals surface area contributed by atoms with Gasteiger partial charge in [-0.3, -0.25) is 0 Å². The molecular weight excluding hydrogens is 338 g/mol. The lowest BCUT2D eigenvalue weighted by Gasteiger charge is -2.30. The molecule has 0 saturated heterocycles. The quantitative estimate of drug-likeness (QED) is 0.584. The summed E-state index contributed by atoms with van der Waals surface area (Å²) in [6, 6.07) is 9.32. The molecule has 0 unspecified atom stereocenters. The third kappa shape index (κ3) is 7.76. The topological polar surface area (TPSA) is 58.6 Å². The van der Waals surface area contributed by atoms with Gasteiger partial charge >= 0.3 is 6.09 Å². The first-order chi connectivity index (χ1) is 13.0. The molecule has 1 aromatic rings. The van der Waals surface area contributed by atoms with Crippen LogP contribution < -0.4 is 5.32 Å². The molecule has 1 aliphatic rings. The molecule has 1 aromatic carbocycles. The van der Waals surface area contributed by atoms with E-state index >= 15 is 0 Å². The van der Waals surface area contributed by atoms with Gasteiger partial charge in [-0.1, -0.05) is 88.4 Å². The van der Waals surface area contributed by atoms with Crippen molar-refractivity contribution in [2.45, 2.75) is 77.5 Å². The number of rotatable bonds is 9. The number of aliphatic hydroxyl groups is 1. The number of carbonyl (C=O) groups is 1. The molecule has 0 spiro atoms. The van der Waals surface area contributed by atoms with Crippen LogP contribution in [-0.2, 0) is 11.3 Å². The number of ether oxygens (including phenoxy) is 1. The molecule has 2 rings (SSSR count). The van der Waals surface area contributed by atoms with E-state index in [0.29, 0.717) is 18.3 Å². The van der Waals surface area contributed by atoms with E-state index in [1.165, 1.54) is 32.1 Å². The molecule has 4 heteroatoms. The predicted molar refractivity (Wildman–Crippen MR) is 109 cm³/mol. The van der Waals surface area contributed by atoms with Gasteiger partial charge in [-0.25, -0.2) is 4.79 Å². The van der Waals surface area contributed by atoms with Crippen LogP contribution in [0.1, 0.15) is 64.4 Å². The summed E-state index contributed by atoms with van der Waals surface area (Å²) in [5.41, 5.74) is 1.96. The van der Waals surface area contributed by atoms with Crippen molar-refractivity contribution in [3.8, 4) is 0 Å². The van der Waals surface area contributed by atoms with E-state index in [1.54, 1.807) is 0 Å². The summed E-state index contributed by atoms with van der Waals surface area (Å²) in [4.78, 5) is 12.3. The maximum atomic E-state index is 12.3. The summed E-state index contributed by atoms with van der Waals surface area (Å²) in [5.74, 6) is 0.875. The third-order valence-corrected chi connectivity index (χ3v) is 5.58. The molecule has 0 aromatic heterocycles. The molecule has 1 amide bonds. The minimum atomic E-state index is -0.633. The van der Waals surface area contributed by atoms with Crippen molar-refractivity contribution in [2.75, 3.05) is 0 Å². The summed E-state index contributed by atoms with van der Waals surface area (Å²) in [5, 5.41) is 13.7. The molecule has 0 heterocycles. The van der Waals surface area contributed by atoms with Crippen molar-refractivity contribution in [1.82, 2.24) is 5.32 Å². The second-order valence-corrected chi connectivity index (χ2v) is 8.14. The van der Waals surface area contributed by atoms with E-state index in [-0.39, 0.29) is 12.6 Å². The zero-order valence-electron chi connectivity index (χ0n) is 16.8.